The highest BCUT2D eigenvalue weighted by atomic mass is 16.5. The number of hydrogen-bond donors (Lipinski definition) is 1. The van der Waals surface area contributed by atoms with Gasteiger partial charge in [0.25, 0.3) is 0 Å². The van der Waals surface area contributed by atoms with E-state index in [9.17, 15) is 0 Å². The standard InChI is InChI=1S/C14H17N3O/c1-9(2)11-4-6-12(7-5-11)18-14-10(3)13(15)16-8-17-14/h4-9H,1-3H3,(H2,15,16,17). The van der Waals surface area contributed by atoms with Crippen LogP contribution in [-0.4, -0.2) is 9.97 Å². The van der Waals surface area contributed by atoms with Crippen LogP contribution >= 0.6 is 0 Å². The molecule has 2 N–H and O–H groups in total. The lowest BCUT2D eigenvalue weighted by molar-refractivity contribution is 0.457. The fourth-order valence-corrected chi connectivity index (χ4v) is 1.58. The second kappa shape index (κ2) is 5.04. The lowest BCUT2D eigenvalue weighted by Crippen LogP contribution is -1.99. The molecular formula is C14H17N3O. The number of nitrogens with two attached hydrogens (primary N) is 1. The number of ether oxygens (including phenoxy) is 1. The number of anilines is 1. The Morgan fingerprint density at radius 2 is 1.78 bits per heavy atom. The molecule has 94 valence electrons. The maximum atomic E-state index is 5.71. The topological polar surface area (TPSA) is 61.0 Å². The molecule has 0 aliphatic carbocycles. The van der Waals surface area contributed by atoms with E-state index in [0.29, 0.717) is 17.6 Å². The van der Waals surface area contributed by atoms with Crippen molar-refractivity contribution in [2.24, 2.45) is 0 Å². The molecule has 0 atom stereocenters. The minimum absolute atomic E-state index is 0.443. The molecule has 0 amide bonds. The molecule has 1 aromatic heterocycles. The zero-order chi connectivity index (χ0) is 13.1. The lowest BCUT2D eigenvalue weighted by Gasteiger charge is -2.10. The summed E-state index contributed by atoms with van der Waals surface area (Å²) in [5.41, 5.74) is 7.74. The summed E-state index contributed by atoms with van der Waals surface area (Å²) < 4.78 is 5.69. The van der Waals surface area contributed by atoms with Crippen LogP contribution in [-0.2, 0) is 0 Å². The van der Waals surface area contributed by atoms with Gasteiger partial charge in [-0.2, -0.15) is 0 Å². The van der Waals surface area contributed by atoms with Crippen LogP contribution in [0.4, 0.5) is 5.82 Å². The highest BCUT2D eigenvalue weighted by molar-refractivity contribution is 5.45. The second-order valence-electron chi connectivity index (χ2n) is 4.51. The van der Waals surface area contributed by atoms with Gasteiger partial charge >= 0.3 is 0 Å². The number of rotatable bonds is 3. The van der Waals surface area contributed by atoms with Crippen LogP contribution in [0.1, 0.15) is 30.9 Å². The van der Waals surface area contributed by atoms with Gasteiger partial charge in [0.2, 0.25) is 5.88 Å². The third-order valence-corrected chi connectivity index (χ3v) is 2.84. The van der Waals surface area contributed by atoms with E-state index in [4.69, 9.17) is 10.5 Å². The number of hydrogen-bond acceptors (Lipinski definition) is 4. The molecule has 2 aromatic rings. The van der Waals surface area contributed by atoms with E-state index < -0.39 is 0 Å². The summed E-state index contributed by atoms with van der Waals surface area (Å²) in [6.45, 7) is 6.16. The van der Waals surface area contributed by atoms with Crippen LogP contribution in [0.3, 0.4) is 0 Å². The van der Waals surface area contributed by atoms with Crippen molar-refractivity contribution < 1.29 is 4.74 Å². The molecule has 0 unspecified atom stereocenters. The van der Waals surface area contributed by atoms with Crippen molar-refractivity contribution in [1.82, 2.24) is 9.97 Å². The lowest BCUT2D eigenvalue weighted by atomic mass is 10.0. The molecule has 1 heterocycles. The molecule has 0 aliphatic rings. The van der Waals surface area contributed by atoms with Crippen molar-refractivity contribution in [2.75, 3.05) is 5.73 Å². The molecule has 0 radical (unpaired) electrons. The number of aromatic nitrogens is 2. The van der Waals surface area contributed by atoms with Crippen molar-refractivity contribution in [1.29, 1.82) is 0 Å². The van der Waals surface area contributed by atoms with Crippen LogP contribution in [0.2, 0.25) is 0 Å². The van der Waals surface area contributed by atoms with Gasteiger partial charge in [-0.15, -0.1) is 0 Å². The summed E-state index contributed by atoms with van der Waals surface area (Å²) in [7, 11) is 0. The van der Waals surface area contributed by atoms with Gasteiger partial charge in [-0.3, -0.25) is 0 Å². The Balaban J connectivity index is 2.21. The second-order valence-corrected chi connectivity index (χ2v) is 4.51. The van der Waals surface area contributed by atoms with E-state index in [1.54, 1.807) is 0 Å². The minimum Gasteiger partial charge on any atom is -0.439 e. The Bertz CT molecular complexity index is 535. The van der Waals surface area contributed by atoms with E-state index in [1.807, 2.05) is 19.1 Å². The molecule has 0 fully saturated rings. The highest BCUT2D eigenvalue weighted by Crippen LogP contribution is 2.26. The molecule has 0 aliphatic heterocycles. The maximum Gasteiger partial charge on any atom is 0.227 e. The fraction of sp³-hybridized carbons (Fsp3) is 0.286. The predicted molar refractivity (Wildman–Crippen MR) is 71.8 cm³/mol. The molecule has 4 nitrogen and oxygen atoms in total. The number of nitrogens with zero attached hydrogens (tertiary/aromatic N) is 2. The van der Waals surface area contributed by atoms with Crippen molar-refractivity contribution >= 4 is 5.82 Å². The minimum atomic E-state index is 0.443. The van der Waals surface area contributed by atoms with Gasteiger partial charge in [0, 0.05) is 0 Å². The molecular weight excluding hydrogens is 226 g/mol. The van der Waals surface area contributed by atoms with Gasteiger partial charge in [-0.25, -0.2) is 9.97 Å². The van der Waals surface area contributed by atoms with Crippen molar-refractivity contribution in [3.63, 3.8) is 0 Å². The predicted octanol–water partition coefficient (Wildman–Crippen LogP) is 3.28. The third-order valence-electron chi connectivity index (χ3n) is 2.84. The van der Waals surface area contributed by atoms with E-state index in [1.165, 1.54) is 11.9 Å². The van der Waals surface area contributed by atoms with Crippen LogP contribution in [0.5, 0.6) is 11.6 Å². The summed E-state index contributed by atoms with van der Waals surface area (Å²) in [6, 6.07) is 7.99. The normalized spacial score (nSPS) is 10.7. The molecule has 0 saturated carbocycles. The van der Waals surface area contributed by atoms with Gasteiger partial charge in [-0.05, 0) is 30.5 Å². The summed E-state index contributed by atoms with van der Waals surface area (Å²) in [6.07, 6.45) is 1.40. The van der Waals surface area contributed by atoms with Crippen LogP contribution < -0.4 is 10.5 Å². The monoisotopic (exact) mass is 243 g/mol. The van der Waals surface area contributed by atoms with E-state index in [2.05, 4.69) is 35.9 Å². The molecule has 2 rings (SSSR count). The number of benzene rings is 1. The largest absolute Gasteiger partial charge is 0.439 e. The van der Waals surface area contributed by atoms with Gasteiger partial charge in [0.1, 0.15) is 17.9 Å². The van der Waals surface area contributed by atoms with Crippen LogP contribution in [0, 0.1) is 6.92 Å². The van der Waals surface area contributed by atoms with Crippen LogP contribution in [0.15, 0.2) is 30.6 Å². The van der Waals surface area contributed by atoms with Crippen molar-refractivity contribution in [3.05, 3.63) is 41.7 Å². The summed E-state index contributed by atoms with van der Waals surface area (Å²) in [5, 5.41) is 0. The van der Waals surface area contributed by atoms with Gasteiger partial charge in [-0.1, -0.05) is 26.0 Å². The maximum absolute atomic E-state index is 5.71. The molecule has 0 spiro atoms. The average molecular weight is 243 g/mol. The molecule has 0 saturated heterocycles. The Morgan fingerprint density at radius 3 is 2.39 bits per heavy atom. The first-order chi connectivity index (χ1) is 8.58. The smallest absolute Gasteiger partial charge is 0.227 e. The molecule has 1 aromatic carbocycles. The average Bonchev–Trinajstić information content (AvgIpc) is 2.36. The first-order valence-electron chi connectivity index (χ1n) is 5.93. The highest BCUT2D eigenvalue weighted by Gasteiger charge is 2.07. The van der Waals surface area contributed by atoms with Crippen molar-refractivity contribution in [2.45, 2.75) is 26.7 Å². The molecule has 18 heavy (non-hydrogen) atoms. The van der Waals surface area contributed by atoms with Gasteiger partial charge in [0.05, 0.1) is 5.56 Å². The fourth-order valence-electron chi connectivity index (χ4n) is 1.58. The SMILES string of the molecule is Cc1c(N)ncnc1Oc1ccc(C(C)C)cc1. The first-order valence-corrected chi connectivity index (χ1v) is 5.93. The van der Waals surface area contributed by atoms with E-state index in [-0.39, 0.29) is 0 Å². The Hall–Kier alpha value is -2.10. The Morgan fingerprint density at radius 1 is 1.11 bits per heavy atom. The number of nitrogen functional groups attached to an aromatic ring is 1. The van der Waals surface area contributed by atoms with Gasteiger partial charge in [0.15, 0.2) is 0 Å². The Labute approximate surface area is 107 Å². The molecule has 4 heteroatoms. The quantitative estimate of drug-likeness (QED) is 0.898. The summed E-state index contributed by atoms with van der Waals surface area (Å²) in [5.74, 6) is 2.20. The van der Waals surface area contributed by atoms with E-state index in [0.717, 1.165) is 11.3 Å². The Kier molecular flexibility index (Phi) is 3.46. The zero-order valence-electron chi connectivity index (χ0n) is 10.8. The zero-order valence-corrected chi connectivity index (χ0v) is 10.8. The van der Waals surface area contributed by atoms with Crippen LogP contribution in [0.25, 0.3) is 0 Å². The first kappa shape index (κ1) is 12.4. The van der Waals surface area contributed by atoms with Crippen molar-refractivity contribution in [3.8, 4) is 11.6 Å². The molecule has 0 bridgehead atoms. The summed E-state index contributed by atoms with van der Waals surface area (Å²) >= 11 is 0. The van der Waals surface area contributed by atoms with E-state index >= 15 is 0 Å². The van der Waals surface area contributed by atoms with Gasteiger partial charge < -0.3 is 10.5 Å². The third kappa shape index (κ3) is 2.59. The summed E-state index contributed by atoms with van der Waals surface area (Å²) in [4.78, 5) is 7.98.